The van der Waals surface area contributed by atoms with Gasteiger partial charge in [0.05, 0.1) is 10.6 Å². The van der Waals surface area contributed by atoms with Crippen LogP contribution in [0.3, 0.4) is 0 Å². The standard InChI is InChI=1S/C5H4ClNOS/c1-3-4(2-8)9-5(6)7-3/h2H,1H3. The van der Waals surface area contributed by atoms with Crippen molar-refractivity contribution in [2.24, 2.45) is 0 Å². The number of carbonyl (C=O) groups is 1. The Bertz CT molecular complexity index is 233. The molecule has 1 heterocycles. The van der Waals surface area contributed by atoms with Gasteiger partial charge in [-0.1, -0.05) is 22.9 Å². The highest BCUT2D eigenvalue weighted by Gasteiger charge is 2.02. The van der Waals surface area contributed by atoms with Gasteiger partial charge in [-0.2, -0.15) is 0 Å². The summed E-state index contributed by atoms with van der Waals surface area (Å²) in [4.78, 5) is 14.6. The van der Waals surface area contributed by atoms with Crippen molar-refractivity contribution in [1.82, 2.24) is 4.98 Å². The molecular weight excluding hydrogens is 158 g/mol. The fraction of sp³-hybridized carbons (Fsp3) is 0.200. The van der Waals surface area contributed by atoms with E-state index in [0.717, 1.165) is 6.29 Å². The summed E-state index contributed by atoms with van der Waals surface area (Å²) in [6, 6.07) is 0. The van der Waals surface area contributed by atoms with Gasteiger partial charge in [0.2, 0.25) is 0 Å². The van der Waals surface area contributed by atoms with Crippen LogP contribution in [0.2, 0.25) is 4.47 Å². The Kier molecular flexibility index (Phi) is 1.83. The van der Waals surface area contributed by atoms with Gasteiger partial charge in [-0.05, 0) is 6.92 Å². The van der Waals surface area contributed by atoms with Crippen molar-refractivity contribution in [2.75, 3.05) is 0 Å². The smallest absolute Gasteiger partial charge is 0.184 e. The first-order valence-corrected chi connectivity index (χ1v) is 3.51. The Labute approximate surface area is 61.5 Å². The van der Waals surface area contributed by atoms with E-state index in [1.165, 1.54) is 11.3 Å². The molecule has 0 saturated heterocycles. The van der Waals surface area contributed by atoms with Crippen molar-refractivity contribution in [3.05, 3.63) is 15.0 Å². The molecule has 0 aliphatic heterocycles. The number of aromatic nitrogens is 1. The average molecular weight is 162 g/mol. The second kappa shape index (κ2) is 2.45. The third kappa shape index (κ3) is 1.28. The van der Waals surface area contributed by atoms with Gasteiger partial charge >= 0.3 is 0 Å². The summed E-state index contributed by atoms with van der Waals surface area (Å²) in [6.07, 6.45) is 0.763. The average Bonchev–Trinajstić information content (AvgIpc) is 2.10. The number of hydrogen-bond acceptors (Lipinski definition) is 3. The van der Waals surface area contributed by atoms with Crippen LogP contribution in [0.15, 0.2) is 0 Å². The van der Waals surface area contributed by atoms with Crippen molar-refractivity contribution >= 4 is 29.2 Å². The van der Waals surface area contributed by atoms with Crippen LogP contribution in [-0.2, 0) is 0 Å². The molecule has 0 radical (unpaired) electrons. The maximum absolute atomic E-state index is 10.2. The summed E-state index contributed by atoms with van der Waals surface area (Å²) in [5.41, 5.74) is 0.708. The fourth-order valence-corrected chi connectivity index (χ4v) is 1.47. The molecule has 4 heteroatoms. The van der Waals surface area contributed by atoms with E-state index in [4.69, 9.17) is 11.6 Å². The highest BCUT2D eigenvalue weighted by Crippen LogP contribution is 2.19. The molecule has 1 rings (SSSR count). The third-order valence-corrected chi connectivity index (χ3v) is 2.10. The molecule has 0 saturated carbocycles. The maximum Gasteiger partial charge on any atom is 0.184 e. The van der Waals surface area contributed by atoms with Crippen molar-refractivity contribution in [3.8, 4) is 0 Å². The highest BCUT2D eigenvalue weighted by molar-refractivity contribution is 7.17. The van der Waals surface area contributed by atoms with Gasteiger partial charge in [0, 0.05) is 0 Å². The summed E-state index contributed by atoms with van der Waals surface area (Å²) in [5.74, 6) is 0. The predicted octanol–water partition coefficient (Wildman–Crippen LogP) is 1.92. The van der Waals surface area contributed by atoms with E-state index >= 15 is 0 Å². The van der Waals surface area contributed by atoms with Crippen LogP contribution in [0.1, 0.15) is 15.4 Å². The zero-order chi connectivity index (χ0) is 6.85. The van der Waals surface area contributed by atoms with E-state index in [9.17, 15) is 4.79 Å². The molecule has 0 bridgehead atoms. The summed E-state index contributed by atoms with van der Waals surface area (Å²) in [7, 11) is 0. The molecule has 48 valence electrons. The molecular formula is C5H4ClNOS. The number of hydrogen-bond donors (Lipinski definition) is 0. The van der Waals surface area contributed by atoms with Crippen molar-refractivity contribution in [3.63, 3.8) is 0 Å². The Balaban J connectivity index is 3.15. The maximum atomic E-state index is 10.2. The number of halogens is 1. The predicted molar refractivity (Wildman–Crippen MR) is 37.2 cm³/mol. The molecule has 0 spiro atoms. The van der Waals surface area contributed by atoms with E-state index < -0.39 is 0 Å². The summed E-state index contributed by atoms with van der Waals surface area (Å²) in [6.45, 7) is 1.76. The number of aldehydes is 1. The molecule has 0 aliphatic rings. The number of carbonyl (C=O) groups excluding carboxylic acids is 1. The van der Waals surface area contributed by atoms with E-state index in [1.807, 2.05) is 0 Å². The summed E-state index contributed by atoms with van der Waals surface area (Å²) < 4.78 is 0.426. The van der Waals surface area contributed by atoms with Gasteiger partial charge in [-0.15, -0.1) is 0 Å². The van der Waals surface area contributed by atoms with Crippen molar-refractivity contribution in [1.29, 1.82) is 0 Å². The Morgan fingerprint density at radius 2 is 2.44 bits per heavy atom. The van der Waals surface area contributed by atoms with Crippen LogP contribution in [-0.4, -0.2) is 11.3 Å². The minimum absolute atomic E-state index is 0.426. The lowest BCUT2D eigenvalue weighted by Crippen LogP contribution is -1.76. The first-order valence-electron chi connectivity index (χ1n) is 2.32. The molecule has 0 aliphatic carbocycles. The van der Waals surface area contributed by atoms with E-state index in [1.54, 1.807) is 6.92 Å². The Morgan fingerprint density at radius 1 is 1.78 bits per heavy atom. The molecule has 1 aromatic heterocycles. The third-order valence-electron chi connectivity index (χ3n) is 0.913. The normalized spacial score (nSPS) is 9.56. The van der Waals surface area contributed by atoms with Crippen LogP contribution < -0.4 is 0 Å². The van der Waals surface area contributed by atoms with Crippen LogP contribution in [0, 0.1) is 6.92 Å². The number of aryl methyl sites for hydroxylation is 1. The highest BCUT2D eigenvalue weighted by atomic mass is 35.5. The molecule has 0 unspecified atom stereocenters. The Hall–Kier alpha value is -0.410. The monoisotopic (exact) mass is 161 g/mol. The minimum atomic E-state index is 0.426. The number of nitrogens with zero attached hydrogens (tertiary/aromatic N) is 1. The van der Waals surface area contributed by atoms with Gasteiger partial charge in [0.1, 0.15) is 0 Å². The van der Waals surface area contributed by atoms with Gasteiger partial charge in [0.25, 0.3) is 0 Å². The molecule has 0 amide bonds. The fourth-order valence-electron chi connectivity index (χ4n) is 0.484. The zero-order valence-electron chi connectivity index (χ0n) is 4.72. The Morgan fingerprint density at radius 3 is 2.67 bits per heavy atom. The lowest BCUT2D eigenvalue weighted by molar-refractivity contribution is 0.112. The van der Waals surface area contributed by atoms with Gasteiger partial charge in [0.15, 0.2) is 10.8 Å². The first-order chi connectivity index (χ1) is 4.24. The van der Waals surface area contributed by atoms with Crippen LogP contribution in [0.5, 0.6) is 0 Å². The second-order valence-corrected chi connectivity index (χ2v) is 3.15. The van der Waals surface area contributed by atoms with Crippen LogP contribution in [0.25, 0.3) is 0 Å². The number of thiazole rings is 1. The van der Waals surface area contributed by atoms with Gasteiger partial charge in [-0.3, -0.25) is 4.79 Å². The summed E-state index contributed by atoms with van der Waals surface area (Å²) in [5, 5.41) is 0. The molecule has 0 atom stereocenters. The largest absolute Gasteiger partial charge is 0.297 e. The zero-order valence-corrected chi connectivity index (χ0v) is 6.29. The van der Waals surface area contributed by atoms with Crippen molar-refractivity contribution < 1.29 is 4.79 Å². The van der Waals surface area contributed by atoms with Gasteiger partial charge < -0.3 is 0 Å². The van der Waals surface area contributed by atoms with E-state index in [-0.39, 0.29) is 0 Å². The molecule has 1 aromatic rings. The second-order valence-electron chi connectivity index (χ2n) is 1.53. The molecule has 0 aromatic carbocycles. The van der Waals surface area contributed by atoms with Crippen molar-refractivity contribution in [2.45, 2.75) is 6.92 Å². The minimum Gasteiger partial charge on any atom is -0.297 e. The van der Waals surface area contributed by atoms with E-state index in [2.05, 4.69) is 4.98 Å². The lowest BCUT2D eigenvalue weighted by Gasteiger charge is -1.76. The quantitative estimate of drug-likeness (QED) is 0.589. The molecule has 0 N–H and O–H groups in total. The van der Waals surface area contributed by atoms with Crippen LogP contribution in [0.4, 0.5) is 0 Å². The van der Waals surface area contributed by atoms with Gasteiger partial charge in [-0.25, -0.2) is 4.98 Å². The lowest BCUT2D eigenvalue weighted by atomic mass is 10.4. The first kappa shape index (κ1) is 6.71. The van der Waals surface area contributed by atoms with E-state index in [0.29, 0.717) is 15.0 Å². The number of rotatable bonds is 1. The molecule has 0 fully saturated rings. The molecule has 9 heavy (non-hydrogen) atoms. The molecule has 2 nitrogen and oxygen atoms in total. The summed E-state index contributed by atoms with van der Waals surface area (Å²) >= 11 is 6.69. The topological polar surface area (TPSA) is 30.0 Å². The van der Waals surface area contributed by atoms with Crippen LogP contribution >= 0.6 is 22.9 Å². The SMILES string of the molecule is Cc1nc(Cl)sc1C=O.